The fraction of sp³-hybridized carbons (Fsp3) is 0.621. The molecule has 218 valence electrons. The summed E-state index contributed by atoms with van der Waals surface area (Å²) in [5.74, 6) is -4.04. The van der Waals surface area contributed by atoms with E-state index < -0.39 is 82.3 Å². The van der Waals surface area contributed by atoms with E-state index in [1.807, 2.05) is 0 Å². The number of rotatable bonds is 3. The van der Waals surface area contributed by atoms with E-state index in [-0.39, 0.29) is 29.7 Å². The van der Waals surface area contributed by atoms with E-state index in [1.54, 1.807) is 18.2 Å². The highest BCUT2D eigenvalue weighted by molar-refractivity contribution is 5.94. The lowest BCUT2D eigenvalue weighted by molar-refractivity contribution is -0.352. The number of carbonyl (C=O) groups is 3. The van der Waals surface area contributed by atoms with Crippen molar-refractivity contribution >= 4 is 17.7 Å². The molecule has 3 aliphatic carbocycles. The third-order valence-electron chi connectivity index (χ3n) is 10.0. The topological polar surface area (TPSA) is 180 Å². The molecular formula is C29H36O11. The molecule has 1 aromatic carbocycles. The molecule has 0 spiro atoms. The number of benzene rings is 1. The summed E-state index contributed by atoms with van der Waals surface area (Å²) in [6.45, 7) is 6.63. The maximum Gasteiger partial charge on any atom is 0.338 e. The molecule has 1 aromatic rings. The minimum atomic E-state index is -2.55. The fourth-order valence-electron chi connectivity index (χ4n) is 7.79. The minimum absolute atomic E-state index is 0.0565. The van der Waals surface area contributed by atoms with E-state index in [9.17, 15) is 39.9 Å². The molecular weight excluding hydrogens is 524 g/mol. The third-order valence-corrected chi connectivity index (χ3v) is 10.0. The smallest absolute Gasteiger partial charge is 0.338 e. The fourth-order valence-corrected chi connectivity index (χ4v) is 7.79. The number of hydrogen-bond donors (Lipinski definition) is 5. The molecule has 5 rings (SSSR count). The highest BCUT2D eigenvalue weighted by atomic mass is 16.6. The Bertz CT molecular complexity index is 1270. The third kappa shape index (κ3) is 3.48. The van der Waals surface area contributed by atoms with Gasteiger partial charge in [-0.1, -0.05) is 32.0 Å². The Labute approximate surface area is 231 Å². The number of ether oxygens (including phenoxy) is 3. The largest absolute Gasteiger partial charge is 0.455 e. The van der Waals surface area contributed by atoms with Crippen molar-refractivity contribution in [2.45, 2.75) is 88.9 Å². The van der Waals surface area contributed by atoms with Crippen molar-refractivity contribution in [3.8, 4) is 0 Å². The summed E-state index contributed by atoms with van der Waals surface area (Å²) >= 11 is 0. The van der Waals surface area contributed by atoms with Gasteiger partial charge in [0.25, 0.3) is 0 Å². The summed E-state index contributed by atoms with van der Waals surface area (Å²) in [5.41, 5.74) is -7.76. The monoisotopic (exact) mass is 560 g/mol. The number of Topliss-reactive ketones (excluding diaryl/α,β-unsaturated/α-hetero) is 1. The van der Waals surface area contributed by atoms with E-state index in [2.05, 4.69) is 0 Å². The first-order valence-corrected chi connectivity index (χ1v) is 13.3. The zero-order valence-electron chi connectivity index (χ0n) is 23.0. The Kier molecular flexibility index (Phi) is 6.61. The molecule has 5 N–H and O–H groups in total. The molecule has 3 fully saturated rings. The molecule has 0 unspecified atom stereocenters. The van der Waals surface area contributed by atoms with Crippen LogP contribution in [0.5, 0.6) is 0 Å². The van der Waals surface area contributed by atoms with E-state index >= 15 is 0 Å². The van der Waals surface area contributed by atoms with Crippen molar-refractivity contribution in [1.29, 1.82) is 0 Å². The van der Waals surface area contributed by atoms with Crippen molar-refractivity contribution in [3.63, 3.8) is 0 Å². The Hall–Kier alpha value is -2.67. The van der Waals surface area contributed by atoms with Crippen molar-refractivity contribution in [3.05, 3.63) is 47.0 Å². The number of aliphatic hydroxyl groups is 5. The lowest BCUT2D eigenvalue weighted by atomic mass is 9.44. The van der Waals surface area contributed by atoms with Crippen molar-refractivity contribution in [2.75, 3.05) is 6.61 Å². The minimum Gasteiger partial charge on any atom is -0.455 e. The molecule has 2 saturated carbocycles. The number of hydrogen-bond acceptors (Lipinski definition) is 11. The van der Waals surface area contributed by atoms with Crippen LogP contribution in [-0.2, 0) is 23.8 Å². The van der Waals surface area contributed by atoms with Gasteiger partial charge in [-0.2, -0.15) is 0 Å². The molecule has 4 aliphatic rings. The molecule has 2 bridgehead atoms. The summed E-state index contributed by atoms with van der Waals surface area (Å²) < 4.78 is 17.5. The van der Waals surface area contributed by atoms with Crippen LogP contribution in [0, 0.1) is 16.7 Å². The molecule has 40 heavy (non-hydrogen) atoms. The first-order valence-electron chi connectivity index (χ1n) is 13.3. The van der Waals surface area contributed by atoms with Gasteiger partial charge in [-0.3, -0.25) is 9.59 Å². The maximum atomic E-state index is 14.3. The van der Waals surface area contributed by atoms with Gasteiger partial charge in [-0.05, 0) is 37.1 Å². The lowest BCUT2D eigenvalue weighted by Gasteiger charge is -2.67. The van der Waals surface area contributed by atoms with Gasteiger partial charge in [0, 0.05) is 18.8 Å². The van der Waals surface area contributed by atoms with Crippen molar-refractivity contribution in [2.24, 2.45) is 16.7 Å². The van der Waals surface area contributed by atoms with Crippen LogP contribution in [0.25, 0.3) is 0 Å². The van der Waals surface area contributed by atoms with E-state index in [0.717, 1.165) is 6.92 Å². The predicted octanol–water partition coefficient (Wildman–Crippen LogP) is 0.0526. The Morgan fingerprint density at radius 2 is 1.68 bits per heavy atom. The molecule has 10 atom stereocenters. The zero-order valence-corrected chi connectivity index (χ0v) is 23.0. The van der Waals surface area contributed by atoms with Crippen molar-refractivity contribution < 1.29 is 54.1 Å². The van der Waals surface area contributed by atoms with Gasteiger partial charge in [0.15, 0.2) is 11.4 Å². The summed E-state index contributed by atoms with van der Waals surface area (Å²) in [6, 6.07) is 7.83. The SMILES string of the molecule is CC(=O)O[C@@]12CO[C@@H]1C[C@H](O)[C@@]1(C)C(=O)[C@H](O)C3=C(C)[C@@H](O)[C@H](O)[C@@](O)([C@@H](OC(=O)c4ccccc4)[C@H]21)C3(C)C. The van der Waals surface area contributed by atoms with Gasteiger partial charge < -0.3 is 39.7 Å². The van der Waals surface area contributed by atoms with E-state index in [4.69, 9.17) is 14.2 Å². The second-order valence-electron chi connectivity index (χ2n) is 12.3. The molecule has 1 aliphatic heterocycles. The van der Waals surface area contributed by atoms with Gasteiger partial charge in [-0.15, -0.1) is 0 Å². The molecule has 11 nitrogen and oxygen atoms in total. The number of aliphatic hydroxyl groups excluding tert-OH is 4. The average Bonchev–Trinajstić information content (AvgIpc) is 2.90. The van der Waals surface area contributed by atoms with Gasteiger partial charge in [0.05, 0.1) is 29.6 Å². The lowest BCUT2D eigenvalue weighted by Crippen LogP contribution is -2.83. The van der Waals surface area contributed by atoms with Gasteiger partial charge in [0.2, 0.25) is 0 Å². The average molecular weight is 561 g/mol. The Balaban J connectivity index is 1.85. The van der Waals surface area contributed by atoms with Crippen LogP contribution in [-0.4, -0.2) is 97.7 Å². The van der Waals surface area contributed by atoms with Crippen LogP contribution < -0.4 is 0 Å². The number of ketones is 1. The standard InChI is InChI=1S/C29H36O11/c1-13-18-20(33)22(34)27(5)16(31)11-17-28(12-38-17,40-14(2)30)21(27)24(39-25(36)15-9-7-6-8-10-15)29(37,26(18,3)4)23(35)19(13)32/h6-10,16-17,19-21,23-24,31-33,35,37H,11-12H2,1-5H3/t16-,17+,19+,20+,21-,23-,24-,27+,28-,29+/m0/s1. The van der Waals surface area contributed by atoms with Crippen LogP contribution in [0.3, 0.4) is 0 Å². The molecule has 0 radical (unpaired) electrons. The second-order valence-corrected chi connectivity index (χ2v) is 12.3. The first-order chi connectivity index (χ1) is 18.6. The molecule has 0 amide bonds. The van der Waals surface area contributed by atoms with Crippen molar-refractivity contribution in [1.82, 2.24) is 0 Å². The molecule has 1 saturated heterocycles. The van der Waals surface area contributed by atoms with Crippen LogP contribution in [0.15, 0.2) is 41.5 Å². The summed E-state index contributed by atoms with van der Waals surface area (Å²) in [6.07, 6.45) is -10.1. The van der Waals surface area contributed by atoms with E-state index in [1.165, 1.54) is 39.8 Å². The molecule has 1 heterocycles. The predicted molar refractivity (Wildman–Crippen MR) is 137 cm³/mol. The Morgan fingerprint density at radius 3 is 2.23 bits per heavy atom. The zero-order chi connectivity index (χ0) is 29.6. The number of carbonyl (C=O) groups excluding carboxylic acids is 3. The van der Waals surface area contributed by atoms with E-state index in [0.29, 0.717) is 0 Å². The van der Waals surface area contributed by atoms with Crippen LogP contribution in [0.1, 0.15) is 51.4 Å². The van der Waals surface area contributed by atoms with Crippen LogP contribution in [0.4, 0.5) is 0 Å². The highest BCUT2D eigenvalue weighted by Crippen LogP contribution is 2.63. The number of esters is 2. The molecule has 11 heteroatoms. The summed E-state index contributed by atoms with van der Waals surface area (Å²) in [4.78, 5) is 40.3. The first kappa shape index (κ1) is 28.8. The van der Waals surface area contributed by atoms with Gasteiger partial charge >= 0.3 is 11.9 Å². The maximum absolute atomic E-state index is 14.3. The normalized spacial score (nSPS) is 43.9. The number of fused-ring (bicyclic) bond motifs is 5. The van der Waals surface area contributed by atoms with Crippen LogP contribution in [0.2, 0.25) is 0 Å². The highest BCUT2D eigenvalue weighted by Gasteiger charge is 2.79. The van der Waals surface area contributed by atoms with Gasteiger partial charge in [-0.25, -0.2) is 4.79 Å². The summed E-state index contributed by atoms with van der Waals surface area (Å²) in [7, 11) is 0. The van der Waals surface area contributed by atoms with Crippen LogP contribution >= 0.6 is 0 Å². The van der Waals surface area contributed by atoms with Gasteiger partial charge in [0.1, 0.15) is 36.1 Å². The molecule has 0 aromatic heterocycles. The Morgan fingerprint density at radius 1 is 1.05 bits per heavy atom. The quantitative estimate of drug-likeness (QED) is 0.249. The second kappa shape index (κ2) is 9.17. The summed E-state index contributed by atoms with van der Waals surface area (Å²) in [5, 5.41) is 58.3.